The number of piperazine rings is 1. The molecule has 0 spiro atoms. The van der Waals surface area contributed by atoms with Crippen LogP contribution in [0.4, 0.5) is 5.69 Å². The van der Waals surface area contributed by atoms with Gasteiger partial charge < -0.3 is 14.5 Å². The molecule has 4 rings (SSSR count). The molecule has 1 amide bonds. The van der Waals surface area contributed by atoms with Crippen molar-refractivity contribution in [2.45, 2.75) is 18.7 Å². The highest BCUT2D eigenvalue weighted by molar-refractivity contribution is 7.89. The zero-order chi connectivity index (χ0) is 21.3. The second-order valence-corrected chi connectivity index (χ2v) is 9.54. The van der Waals surface area contributed by atoms with E-state index in [0.29, 0.717) is 45.0 Å². The van der Waals surface area contributed by atoms with Crippen LogP contribution in [0.5, 0.6) is 0 Å². The van der Waals surface area contributed by atoms with Crippen LogP contribution in [0, 0.1) is 13.8 Å². The lowest BCUT2D eigenvalue weighted by atomic mass is 10.1. The van der Waals surface area contributed by atoms with Gasteiger partial charge in [0.25, 0.3) is 5.91 Å². The molecule has 0 unspecified atom stereocenters. The van der Waals surface area contributed by atoms with Gasteiger partial charge >= 0.3 is 0 Å². The number of nitrogens with zero attached hydrogens (tertiary/aromatic N) is 4. The van der Waals surface area contributed by atoms with Crippen LogP contribution in [0.1, 0.15) is 21.7 Å². The van der Waals surface area contributed by atoms with Crippen molar-refractivity contribution in [2.24, 2.45) is 0 Å². The monoisotopic (exact) mass is 433 g/mol. The van der Waals surface area contributed by atoms with Gasteiger partial charge in [-0.15, -0.1) is 0 Å². The van der Waals surface area contributed by atoms with Crippen LogP contribution in [0.2, 0.25) is 0 Å². The summed E-state index contributed by atoms with van der Waals surface area (Å²) < 4.78 is 32.1. The van der Waals surface area contributed by atoms with Crippen molar-refractivity contribution in [2.75, 3.05) is 57.4 Å². The summed E-state index contributed by atoms with van der Waals surface area (Å²) in [6, 6.07) is 6.25. The third kappa shape index (κ3) is 3.94. The molecule has 1 N–H and O–H groups in total. The molecule has 2 fully saturated rings. The first kappa shape index (κ1) is 20.8. The zero-order valence-electron chi connectivity index (χ0n) is 17.3. The minimum Gasteiger partial charge on any atom is -0.379 e. The first-order valence-electron chi connectivity index (χ1n) is 10.1. The fourth-order valence-electron chi connectivity index (χ4n) is 4.03. The van der Waals surface area contributed by atoms with Gasteiger partial charge in [-0.3, -0.25) is 9.89 Å². The van der Waals surface area contributed by atoms with E-state index >= 15 is 0 Å². The van der Waals surface area contributed by atoms with Crippen molar-refractivity contribution in [1.82, 2.24) is 19.4 Å². The van der Waals surface area contributed by atoms with E-state index in [-0.39, 0.29) is 10.8 Å². The number of hydrogen-bond donors (Lipinski definition) is 1. The third-order valence-corrected chi connectivity index (χ3v) is 7.59. The summed E-state index contributed by atoms with van der Waals surface area (Å²) >= 11 is 0. The molecule has 2 aliphatic heterocycles. The number of morpholine rings is 1. The normalized spacial score (nSPS) is 18.6. The van der Waals surface area contributed by atoms with Crippen molar-refractivity contribution < 1.29 is 17.9 Å². The molecule has 0 atom stereocenters. The highest BCUT2D eigenvalue weighted by Crippen LogP contribution is 2.24. The highest BCUT2D eigenvalue weighted by Gasteiger charge is 2.28. The molecule has 3 heterocycles. The highest BCUT2D eigenvalue weighted by atomic mass is 32.2. The number of benzene rings is 1. The Bertz CT molecular complexity index is 985. The largest absolute Gasteiger partial charge is 0.379 e. The standard InChI is InChI=1S/C20H27N5O4S/c1-15-19(16(2)22-21-15)23-7-9-24(10-8-23)20(26)17-3-5-18(6-4-17)30(27,28)25-11-13-29-14-12-25/h3-6H,7-14H2,1-2H3,(H,21,22). The minimum atomic E-state index is -3.56. The Morgan fingerprint density at radius 3 is 2.20 bits per heavy atom. The molecule has 0 aliphatic carbocycles. The van der Waals surface area contributed by atoms with Crippen LogP contribution >= 0.6 is 0 Å². The molecule has 1 aromatic carbocycles. The molecule has 0 saturated carbocycles. The summed E-state index contributed by atoms with van der Waals surface area (Å²) in [5, 5.41) is 7.25. The number of sulfonamides is 1. The van der Waals surface area contributed by atoms with Gasteiger partial charge in [0.2, 0.25) is 10.0 Å². The van der Waals surface area contributed by atoms with Crippen molar-refractivity contribution in [3.05, 3.63) is 41.2 Å². The Kier molecular flexibility index (Phi) is 5.81. The lowest BCUT2D eigenvalue weighted by Gasteiger charge is -2.36. The zero-order valence-corrected chi connectivity index (χ0v) is 18.1. The Balaban J connectivity index is 1.41. The number of amides is 1. The van der Waals surface area contributed by atoms with Crippen molar-refractivity contribution in [3.63, 3.8) is 0 Å². The number of anilines is 1. The van der Waals surface area contributed by atoms with Crippen molar-refractivity contribution in [3.8, 4) is 0 Å². The average molecular weight is 434 g/mol. The molecule has 2 aromatic rings. The van der Waals surface area contributed by atoms with Gasteiger partial charge in [-0.05, 0) is 38.1 Å². The molecule has 2 saturated heterocycles. The molecule has 9 nitrogen and oxygen atoms in total. The summed E-state index contributed by atoms with van der Waals surface area (Å²) in [6.07, 6.45) is 0. The molecule has 0 bridgehead atoms. The third-order valence-electron chi connectivity index (χ3n) is 5.68. The molecule has 0 radical (unpaired) electrons. The maximum Gasteiger partial charge on any atom is 0.253 e. The van der Waals surface area contributed by atoms with E-state index in [1.54, 1.807) is 12.1 Å². The minimum absolute atomic E-state index is 0.0781. The number of nitrogens with one attached hydrogen (secondary N) is 1. The number of carbonyl (C=O) groups is 1. The lowest BCUT2D eigenvalue weighted by Crippen LogP contribution is -2.49. The second kappa shape index (κ2) is 8.37. The van der Waals surface area contributed by atoms with Gasteiger partial charge in [0.05, 0.1) is 35.2 Å². The Morgan fingerprint density at radius 1 is 1.00 bits per heavy atom. The van der Waals surface area contributed by atoms with Gasteiger partial charge in [0.15, 0.2) is 0 Å². The fourth-order valence-corrected chi connectivity index (χ4v) is 5.44. The summed E-state index contributed by atoms with van der Waals surface area (Å²) in [7, 11) is -3.56. The van der Waals surface area contributed by atoms with E-state index in [0.717, 1.165) is 30.2 Å². The van der Waals surface area contributed by atoms with E-state index in [1.165, 1.54) is 16.4 Å². The van der Waals surface area contributed by atoms with Gasteiger partial charge in [-0.25, -0.2) is 8.42 Å². The van der Waals surface area contributed by atoms with Crippen LogP contribution in [-0.4, -0.2) is 86.2 Å². The van der Waals surface area contributed by atoms with Crippen LogP contribution < -0.4 is 4.90 Å². The SMILES string of the molecule is Cc1n[nH]c(C)c1N1CCN(C(=O)c2ccc(S(=O)(=O)N3CCOCC3)cc2)CC1. The van der Waals surface area contributed by atoms with Gasteiger partial charge in [0, 0.05) is 44.8 Å². The average Bonchev–Trinajstić information content (AvgIpc) is 3.12. The van der Waals surface area contributed by atoms with Crippen LogP contribution in [0.25, 0.3) is 0 Å². The van der Waals surface area contributed by atoms with E-state index in [2.05, 4.69) is 15.1 Å². The van der Waals surface area contributed by atoms with E-state index < -0.39 is 10.0 Å². The van der Waals surface area contributed by atoms with Crippen LogP contribution in [0.15, 0.2) is 29.2 Å². The first-order chi connectivity index (χ1) is 14.4. The van der Waals surface area contributed by atoms with Crippen molar-refractivity contribution in [1.29, 1.82) is 0 Å². The number of carbonyl (C=O) groups excluding carboxylic acids is 1. The maximum absolute atomic E-state index is 12.9. The van der Waals surface area contributed by atoms with E-state index in [4.69, 9.17) is 4.74 Å². The number of hydrogen-bond acceptors (Lipinski definition) is 6. The number of ether oxygens (including phenoxy) is 1. The molecule has 10 heteroatoms. The molecular weight excluding hydrogens is 406 g/mol. The van der Waals surface area contributed by atoms with Gasteiger partial charge in [-0.1, -0.05) is 0 Å². The topological polar surface area (TPSA) is 98.8 Å². The van der Waals surface area contributed by atoms with Crippen molar-refractivity contribution >= 4 is 21.6 Å². The number of aromatic nitrogens is 2. The summed E-state index contributed by atoms with van der Waals surface area (Å²) in [5.41, 5.74) is 3.61. The second-order valence-electron chi connectivity index (χ2n) is 7.60. The van der Waals surface area contributed by atoms with Gasteiger partial charge in [-0.2, -0.15) is 9.40 Å². The number of rotatable bonds is 4. The van der Waals surface area contributed by atoms with E-state index in [1.807, 2.05) is 18.7 Å². The fraction of sp³-hybridized carbons (Fsp3) is 0.500. The van der Waals surface area contributed by atoms with Crippen LogP contribution in [0.3, 0.4) is 0 Å². The number of aryl methyl sites for hydroxylation is 2. The summed E-state index contributed by atoms with van der Waals surface area (Å²) in [5.74, 6) is -0.0781. The lowest BCUT2D eigenvalue weighted by molar-refractivity contribution is 0.0730. The molecule has 30 heavy (non-hydrogen) atoms. The number of aromatic amines is 1. The number of H-pyrrole nitrogens is 1. The van der Waals surface area contributed by atoms with Gasteiger partial charge in [0.1, 0.15) is 0 Å². The predicted octanol–water partition coefficient (Wildman–Crippen LogP) is 1.01. The smallest absolute Gasteiger partial charge is 0.253 e. The Morgan fingerprint density at radius 2 is 1.63 bits per heavy atom. The predicted molar refractivity (Wildman–Crippen MR) is 112 cm³/mol. The molecule has 2 aliphatic rings. The quantitative estimate of drug-likeness (QED) is 0.773. The Labute approximate surface area is 176 Å². The summed E-state index contributed by atoms with van der Waals surface area (Å²) in [4.78, 5) is 17.2. The molecule has 1 aromatic heterocycles. The maximum atomic E-state index is 12.9. The molecular formula is C20H27N5O4S. The van der Waals surface area contributed by atoms with Crippen LogP contribution in [-0.2, 0) is 14.8 Å². The summed E-state index contributed by atoms with van der Waals surface area (Å²) in [6.45, 7) is 8.16. The Hall–Kier alpha value is -2.43. The van der Waals surface area contributed by atoms with E-state index in [9.17, 15) is 13.2 Å². The molecule has 162 valence electrons. The first-order valence-corrected chi connectivity index (χ1v) is 11.6.